The number of ether oxygens (including phenoxy) is 2. The molecule has 0 bridgehead atoms. The Morgan fingerprint density at radius 2 is 1.86 bits per heavy atom. The van der Waals surface area contributed by atoms with Gasteiger partial charge in [-0.1, -0.05) is 52.0 Å². The van der Waals surface area contributed by atoms with Crippen molar-refractivity contribution in [3.05, 3.63) is 23.8 Å². The summed E-state index contributed by atoms with van der Waals surface area (Å²) in [5.41, 5.74) is 6.11. The summed E-state index contributed by atoms with van der Waals surface area (Å²) >= 11 is 3.65. The summed E-state index contributed by atoms with van der Waals surface area (Å²) in [6.45, 7) is 4.61. The summed E-state index contributed by atoms with van der Waals surface area (Å²) in [5, 5.41) is 8.20. The molecule has 1 aromatic carbocycles. The number of carboxylic acids is 1. The van der Waals surface area contributed by atoms with Crippen LogP contribution in [0.2, 0.25) is 0 Å². The molecule has 0 aromatic heterocycles. The summed E-state index contributed by atoms with van der Waals surface area (Å²) in [5.74, 6) is 1.64. The van der Waals surface area contributed by atoms with Crippen molar-refractivity contribution in [2.24, 2.45) is 5.73 Å². The van der Waals surface area contributed by atoms with Gasteiger partial charge in [-0.05, 0) is 30.5 Å². The van der Waals surface area contributed by atoms with Gasteiger partial charge >= 0.3 is 5.97 Å². The van der Waals surface area contributed by atoms with E-state index < -0.39 is 22.8 Å². The molecule has 1 aromatic rings. The average molecular weight is 446 g/mol. The molecule has 1 heterocycles. The second-order valence-corrected chi connectivity index (χ2v) is 9.52. The fraction of sp³-hybridized carbons (Fsp3) is 0.667. The smallest absolute Gasteiger partial charge is 0.321 e. The molecular formula is C21H35NO5S2. The number of nitrogens with two attached hydrogens (primary N) is 1. The van der Waals surface area contributed by atoms with Crippen molar-refractivity contribution in [1.29, 1.82) is 0 Å². The molecule has 29 heavy (non-hydrogen) atoms. The van der Waals surface area contributed by atoms with Crippen molar-refractivity contribution in [2.75, 3.05) is 18.3 Å². The Bertz CT molecular complexity index is 641. The number of carbonyl (C=O) groups is 1. The fourth-order valence-electron chi connectivity index (χ4n) is 2.80. The number of aliphatic carboxylic acids is 1. The van der Waals surface area contributed by atoms with Gasteiger partial charge in [-0.25, -0.2) is 0 Å². The third kappa shape index (κ3) is 10.4. The van der Waals surface area contributed by atoms with Crippen LogP contribution >= 0.6 is 12.6 Å². The molecule has 0 saturated heterocycles. The molecule has 0 fully saturated rings. The predicted molar refractivity (Wildman–Crippen MR) is 122 cm³/mol. The van der Waals surface area contributed by atoms with Gasteiger partial charge in [-0.2, -0.15) is 12.6 Å². The third-order valence-electron chi connectivity index (χ3n) is 4.62. The van der Waals surface area contributed by atoms with Gasteiger partial charge in [-0.3, -0.25) is 9.00 Å². The lowest BCUT2D eigenvalue weighted by atomic mass is 10.1. The average Bonchev–Trinajstić information content (AvgIpc) is 3.18. The maximum Gasteiger partial charge on any atom is 0.321 e. The first-order valence-corrected chi connectivity index (χ1v) is 12.2. The molecular weight excluding hydrogens is 410 g/mol. The lowest BCUT2D eigenvalue weighted by molar-refractivity contribution is -0.137. The summed E-state index contributed by atoms with van der Waals surface area (Å²) in [4.78, 5) is 9.76. The molecule has 3 N–H and O–H groups in total. The van der Waals surface area contributed by atoms with Crippen LogP contribution in [0.5, 0.6) is 11.5 Å². The minimum absolute atomic E-state index is 0.190. The molecule has 0 spiro atoms. The van der Waals surface area contributed by atoms with Crippen LogP contribution in [0.1, 0.15) is 57.9 Å². The van der Waals surface area contributed by atoms with Crippen LogP contribution in [0.15, 0.2) is 18.2 Å². The minimum Gasteiger partial charge on any atom is -0.480 e. The number of hydrogen-bond acceptors (Lipinski definition) is 6. The number of fused-ring (bicyclic) bond motifs is 1. The molecule has 2 rings (SSSR count). The normalized spacial score (nSPS) is 15.2. The summed E-state index contributed by atoms with van der Waals surface area (Å²) in [7, 11) is -0.743. The maximum absolute atomic E-state index is 12.3. The summed E-state index contributed by atoms with van der Waals surface area (Å²) in [6, 6.07) is 5.19. The zero-order valence-electron chi connectivity index (χ0n) is 17.5. The third-order valence-corrected chi connectivity index (χ3v) is 6.77. The Labute approximate surface area is 182 Å². The highest BCUT2D eigenvalue weighted by atomic mass is 32.2. The lowest BCUT2D eigenvalue weighted by Gasteiger charge is -2.12. The summed E-state index contributed by atoms with van der Waals surface area (Å²) in [6.07, 6.45) is 8.32. The van der Waals surface area contributed by atoms with Gasteiger partial charge in [-0.15, -0.1) is 0 Å². The zero-order chi connectivity index (χ0) is 21.6. The van der Waals surface area contributed by atoms with E-state index in [-0.39, 0.29) is 11.0 Å². The molecule has 3 unspecified atom stereocenters. The van der Waals surface area contributed by atoms with Gasteiger partial charge in [0.1, 0.15) is 6.04 Å². The number of hydrogen-bond donors (Lipinski definition) is 3. The van der Waals surface area contributed by atoms with E-state index in [2.05, 4.69) is 26.5 Å². The number of rotatable bonds is 12. The Balaban J connectivity index is 0.000000516. The number of benzene rings is 1. The monoisotopic (exact) mass is 445 g/mol. The first-order chi connectivity index (χ1) is 13.9. The van der Waals surface area contributed by atoms with E-state index in [1.54, 1.807) is 0 Å². The molecule has 0 radical (unpaired) electrons. The second-order valence-electron chi connectivity index (χ2n) is 7.18. The van der Waals surface area contributed by atoms with E-state index in [4.69, 9.17) is 20.3 Å². The van der Waals surface area contributed by atoms with Gasteiger partial charge < -0.3 is 20.3 Å². The van der Waals surface area contributed by atoms with E-state index in [0.29, 0.717) is 6.79 Å². The molecule has 6 nitrogen and oxygen atoms in total. The second kappa shape index (κ2) is 14.7. The van der Waals surface area contributed by atoms with Crippen LogP contribution < -0.4 is 15.2 Å². The zero-order valence-corrected chi connectivity index (χ0v) is 19.2. The first-order valence-electron chi connectivity index (χ1n) is 10.2. The quantitative estimate of drug-likeness (QED) is 0.334. The SMILES string of the molecule is CCCCCCCCS(=O)C(C)Cc1ccc2c(c1)OCO2.NC(CS)C(=O)O. The van der Waals surface area contributed by atoms with Crippen molar-refractivity contribution in [2.45, 2.75) is 70.1 Å². The maximum atomic E-state index is 12.3. The predicted octanol–water partition coefficient (Wildman–Crippen LogP) is 3.78. The number of carboxylic acid groups (broad SMARTS) is 1. The van der Waals surface area contributed by atoms with Crippen molar-refractivity contribution in [3.63, 3.8) is 0 Å². The van der Waals surface area contributed by atoms with Gasteiger partial charge in [0.2, 0.25) is 6.79 Å². The molecule has 1 aliphatic heterocycles. The van der Waals surface area contributed by atoms with Crippen molar-refractivity contribution < 1.29 is 23.6 Å². The molecule has 0 aliphatic carbocycles. The van der Waals surface area contributed by atoms with Gasteiger partial charge in [0.05, 0.1) is 0 Å². The Morgan fingerprint density at radius 3 is 2.48 bits per heavy atom. The van der Waals surface area contributed by atoms with Crippen LogP contribution in [-0.2, 0) is 22.0 Å². The van der Waals surface area contributed by atoms with Gasteiger partial charge in [0.25, 0.3) is 0 Å². The highest BCUT2D eigenvalue weighted by molar-refractivity contribution is 7.85. The molecule has 1 aliphatic rings. The highest BCUT2D eigenvalue weighted by Gasteiger charge is 2.16. The van der Waals surface area contributed by atoms with E-state index in [1.165, 1.54) is 37.7 Å². The van der Waals surface area contributed by atoms with Gasteiger partial charge in [0, 0.05) is 27.6 Å². The Morgan fingerprint density at radius 1 is 1.21 bits per heavy atom. The molecule has 8 heteroatoms. The highest BCUT2D eigenvalue weighted by Crippen LogP contribution is 2.33. The first kappa shape index (κ1) is 25.8. The Kier molecular flexibility index (Phi) is 13.1. The van der Waals surface area contributed by atoms with Crippen LogP contribution in [0.25, 0.3) is 0 Å². The van der Waals surface area contributed by atoms with Crippen molar-refractivity contribution in [1.82, 2.24) is 0 Å². The lowest BCUT2D eigenvalue weighted by Crippen LogP contribution is -2.31. The van der Waals surface area contributed by atoms with E-state index >= 15 is 0 Å². The van der Waals surface area contributed by atoms with Crippen molar-refractivity contribution in [3.8, 4) is 11.5 Å². The van der Waals surface area contributed by atoms with Crippen LogP contribution in [0, 0.1) is 0 Å². The standard InChI is InChI=1S/C18H28O3S.C3H7NO2S/c1-3-4-5-6-7-8-11-22(19)15(2)12-16-9-10-17-18(13-16)21-14-20-17;4-2(1-7)3(5)6/h9-10,13,15H,3-8,11-12,14H2,1-2H3;2,7H,1,4H2,(H,5,6). The van der Waals surface area contributed by atoms with E-state index in [9.17, 15) is 9.00 Å². The van der Waals surface area contributed by atoms with Crippen LogP contribution in [-0.4, -0.2) is 44.9 Å². The molecule has 0 amide bonds. The topological polar surface area (TPSA) is 98.9 Å². The minimum atomic E-state index is -1.00. The Hall–Kier alpha value is -1.25. The fourth-order valence-corrected chi connectivity index (χ4v) is 4.22. The van der Waals surface area contributed by atoms with Crippen molar-refractivity contribution >= 4 is 29.4 Å². The van der Waals surface area contributed by atoms with Crippen LogP contribution in [0.4, 0.5) is 0 Å². The summed E-state index contributed by atoms with van der Waals surface area (Å²) < 4.78 is 23.0. The van der Waals surface area contributed by atoms with E-state index in [0.717, 1.165) is 30.1 Å². The number of thiol groups is 1. The largest absolute Gasteiger partial charge is 0.480 e. The molecule has 166 valence electrons. The molecule has 0 saturated carbocycles. The van der Waals surface area contributed by atoms with Crippen LogP contribution in [0.3, 0.4) is 0 Å². The number of unbranched alkanes of at least 4 members (excludes halogenated alkanes) is 5. The van der Waals surface area contributed by atoms with E-state index in [1.807, 2.05) is 18.2 Å². The molecule has 3 atom stereocenters. The van der Waals surface area contributed by atoms with Gasteiger partial charge in [0.15, 0.2) is 11.5 Å².